The van der Waals surface area contributed by atoms with Gasteiger partial charge in [-0.1, -0.05) is 17.8 Å². The fourth-order valence-corrected chi connectivity index (χ4v) is 3.75. The number of hydrogen-bond donors (Lipinski definition) is 1. The van der Waals surface area contributed by atoms with Crippen LogP contribution in [0.5, 0.6) is 0 Å². The highest BCUT2D eigenvalue weighted by Crippen LogP contribution is 2.33. The molecular weight excluding hydrogens is 308 g/mol. The summed E-state index contributed by atoms with van der Waals surface area (Å²) in [5.74, 6) is 0.0729. The number of ether oxygens (including phenoxy) is 1. The molecule has 0 heterocycles. The standard InChI is InChI=1S/C18H26N2O2S/c1-5-22-16(21)11-23-18(19-4)20-17-13(3)10-12(2)14-8-6-7-9-15(14)17/h10H,5-9,11H2,1-4H3,(H,19,20). The van der Waals surface area contributed by atoms with Gasteiger partial charge in [0.15, 0.2) is 5.17 Å². The zero-order valence-electron chi connectivity index (χ0n) is 14.5. The summed E-state index contributed by atoms with van der Waals surface area (Å²) in [5, 5.41) is 4.22. The monoisotopic (exact) mass is 334 g/mol. The summed E-state index contributed by atoms with van der Waals surface area (Å²) in [5.41, 5.74) is 6.70. The van der Waals surface area contributed by atoms with E-state index in [2.05, 4.69) is 30.2 Å². The number of nitrogens with zero attached hydrogens (tertiary/aromatic N) is 1. The van der Waals surface area contributed by atoms with Gasteiger partial charge >= 0.3 is 5.97 Å². The Hall–Kier alpha value is -1.49. The van der Waals surface area contributed by atoms with Crippen LogP contribution in [0, 0.1) is 13.8 Å². The van der Waals surface area contributed by atoms with Crippen LogP contribution in [0.3, 0.4) is 0 Å². The predicted molar refractivity (Wildman–Crippen MR) is 98.6 cm³/mol. The summed E-state index contributed by atoms with van der Waals surface area (Å²) in [7, 11) is 1.75. The van der Waals surface area contributed by atoms with E-state index in [-0.39, 0.29) is 11.7 Å². The Kier molecular flexibility index (Phi) is 6.51. The third kappa shape index (κ3) is 4.50. The van der Waals surface area contributed by atoms with E-state index in [0.29, 0.717) is 6.61 Å². The number of fused-ring (bicyclic) bond motifs is 1. The molecule has 0 aromatic heterocycles. The maximum absolute atomic E-state index is 11.5. The van der Waals surface area contributed by atoms with Crippen molar-refractivity contribution in [1.29, 1.82) is 0 Å². The maximum atomic E-state index is 11.5. The van der Waals surface area contributed by atoms with Crippen molar-refractivity contribution in [3.63, 3.8) is 0 Å². The molecule has 4 nitrogen and oxygen atoms in total. The molecule has 0 bridgehead atoms. The molecule has 0 saturated carbocycles. The van der Waals surface area contributed by atoms with E-state index >= 15 is 0 Å². The topological polar surface area (TPSA) is 50.7 Å². The molecule has 1 aliphatic carbocycles. The Bertz CT molecular complexity index is 612. The van der Waals surface area contributed by atoms with Crippen LogP contribution >= 0.6 is 11.8 Å². The smallest absolute Gasteiger partial charge is 0.316 e. The minimum absolute atomic E-state index is 0.205. The van der Waals surface area contributed by atoms with Crippen LogP contribution in [-0.2, 0) is 22.4 Å². The van der Waals surface area contributed by atoms with Crippen molar-refractivity contribution in [2.75, 3.05) is 24.7 Å². The van der Waals surface area contributed by atoms with E-state index in [9.17, 15) is 4.79 Å². The molecule has 1 aliphatic rings. The zero-order valence-corrected chi connectivity index (χ0v) is 15.3. The number of amidine groups is 1. The predicted octanol–water partition coefficient (Wildman–Crippen LogP) is 3.88. The second kappa shape index (κ2) is 8.39. The molecule has 5 heteroatoms. The third-order valence-corrected chi connectivity index (χ3v) is 5.08. The quantitative estimate of drug-likeness (QED) is 0.516. The Labute approximate surface area is 143 Å². The normalized spacial score (nSPS) is 14.3. The summed E-state index contributed by atoms with van der Waals surface area (Å²) in [6, 6.07) is 2.25. The van der Waals surface area contributed by atoms with E-state index in [1.165, 1.54) is 52.5 Å². The van der Waals surface area contributed by atoms with Crippen LogP contribution in [0.25, 0.3) is 0 Å². The highest BCUT2D eigenvalue weighted by Gasteiger charge is 2.19. The van der Waals surface area contributed by atoms with Gasteiger partial charge in [0.1, 0.15) is 0 Å². The van der Waals surface area contributed by atoms with Gasteiger partial charge in [-0.2, -0.15) is 0 Å². The number of anilines is 1. The van der Waals surface area contributed by atoms with Crippen LogP contribution in [0.1, 0.15) is 42.0 Å². The van der Waals surface area contributed by atoms with E-state index < -0.39 is 0 Å². The van der Waals surface area contributed by atoms with Crippen LogP contribution in [0.2, 0.25) is 0 Å². The molecule has 0 unspecified atom stereocenters. The van der Waals surface area contributed by atoms with Crippen molar-refractivity contribution < 1.29 is 9.53 Å². The second-order valence-electron chi connectivity index (χ2n) is 5.80. The van der Waals surface area contributed by atoms with Crippen LogP contribution in [-0.4, -0.2) is 30.5 Å². The number of hydrogen-bond acceptors (Lipinski definition) is 4. The minimum Gasteiger partial charge on any atom is -0.465 e. The van der Waals surface area contributed by atoms with Gasteiger partial charge in [-0.05, 0) is 68.7 Å². The molecule has 0 fully saturated rings. The molecule has 0 spiro atoms. The number of thioether (sulfide) groups is 1. The molecule has 1 aromatic rings. The van der Waals surface area contributed by atoms with Crippen LogP contribution in [0.4, 0.5) is 5.69 Å². The van der Waals surface area contributed by atoms with Crippen molar-refractivity contribution in [2.45, 2.75) is 46.5 Å². The first kappa shape index (κ1) is 17.9. The SMILES string of the molecule is CCOC(=O)CSC(=NC)Nc1c(C)cc(C)c2c1CCCC2. The van der Waals surface area contributed by atoms with E-state index in [1.54, 1.807) is 7.05 Å². The summed E-state index contributed by atoms with van der Waals surface area (Å²) in [6.45, 7) is 6.56. The Morgan fingerprint density at radius 1 is 1.26 bits per heavy atom. The summed E-state index contributed by atoms with van der Waals surface area (Å²) in [6.07, 6.45) is 4.77. The molecule has 2 rings (SSSR count). The molecule has 0 saturated heterocycles. The molecule has 0 aliphatic heterocycles. The fourth-order valence-electron chi connectivity index (χ4n) is 3.11. The lowest BCUT2D eigenvalue weighted by molar-refractivity contribution is -0.139. The molecule has 0 atom stereocenters. The number of carbonyl (C=O) groups excluding carboxylic acids is 1. The van der Waals surface area contributed by atoms with Crippen molar-refractivity contribution in [2.24, 2.45) is 4.99 Å². The maximum Gasteiger partial charge on any atom is 0.316 e. The number of aryl methyl sites for hydroxylation is 2. The van der Waals surface area contributed by atoms with Crippen LogP contribution < -0.4 is 5.32 Å². The third-order valence-electron chi connectivity index (χ3n) is 4.14. The van der Waals surface area contributed by atoms with Gasteiger partial charge in [0, 0.05) is 12.7 Å². The lowest BCUT2D eigenvalue weighted by Crippen LogP contribution is -2.17. The van der Waals surface area contributed by atoms with Gasteiger partial charge in [0.05, 0.1) is 12.4 Å². The molecule has 23 heavy (non-hydrogen) atoms. The minimum atomic E-state index is -0.205. The fraction of sp³-hybridized carbons (Fsp3) is 0.556. The second-order valence-corrected chi connectivity index (χ2v) is 6.76. The molecule has 0 radical (unpaired) electrons. The van der Waals surface area contributed by atoms with Gasteiger partial charge in [0.2, 0.25) is 0 Å². The zero-order chi connectivity index (χ0) is 16.8. The van der Waals surface area contributed by atoms with Gasteiger partial charge in [0.25, 0.3) is 0 Å². The lowest BCUT2D eigenvalue weighted by Gasteiger charge is -2.24. The van der Waals surface area contributed by atoms with Crippen molar-refractivity contribution in [1.82, 2.24) is 0 Å². The average molecular weight is 334 g/mol. The first-order valence-electron chi connectivity index (χ1n) is 8.21. The highest BCUT2D eigenvalue weighted by molar-refractivity contribution is 8.14. The van der Waals surface area contributed by atoms with Gasteiger partial charge in [-0.25, -0.2) is 0 Å². The average Bonchev–Trinajstić information content (AvgIpc) is 2.54. The lowest BCUT2D eigenvalue weighted by atomic mass is 9.86. The molecule has 0 amide bonds. The van der Waals surface area contributed by atoms with E-state index in [4.69, 9.17) is 4.74 Å². The summed E-state index contributed by atoms with van der Waals surface area (Å²) < 4.78 is 4.97. The number of aliphatic imine (C=N–C) groups is 1. The Morgan fingerprint density at radius 2 is 1.96 bits per heavy atom. The highest BCUT2D eigenvalue weighted by atomic mass is 32.2. The van der Waals surface area contributed by atoms with Crippen molar-refractivity contribution in [3.8, 4) is 0 Å². The van der Waals surface area contributed by atoms with Gasteiger partial charge in [-0.15, -0.1) is 0 Å². The first-order valence-corrected chi connectivity index (χ1v) is 9.19. The number of benzene rings is 1. The van der Waals surface area contributed by atoms with Crippen molar-refractivity contribution >= 4 is 28.6 Å². The van der Waals surface area contributed by atoms with E-state index in [1.807, 2.05) is 6.92 Å². The number of rotatable bonds is 4. The summed E-state index contributed by atoms with van der Waals surface area (Å²) in [4.78, 5) is 15.8. The number of carbonyl (C=O) groups is 1. The first-order chi connectivity index (χ1) is 11.1. The Morgan fingerprint density at radius 3 is 2.61 bits per heavy atom. The largest absolute Gasteiger partial charge is 0.465 e. The van der Waals surface area contributed by atoms with E-state index in [0.717, 1.165) is 18.0 Å². The van der Waals surface area contributed by atoms with Crippen molar-refractivity contribution in [3.05, 3.63) is 28.3 Å². The van der Waals surface area contributed by atoms with Gasteiger partial charge < -0.3 is 10.1 Å². The molecule has 1 aromatic carbocycles. The Balaban J connectivity index is 2.16. The molecular formula is C18H26N2O2S. The number of nitrogens with one attached hydrogen (secondary N) is 1. The summed E-state index contributed by atoms with van der Waals surface area (Å²) >= 11 is 1.39. The molecule has 1 N–H and O–H groups in total. The van der Waals surface area contributed by atoms with Gasteiger partial charge in [-0.3, -0.25) is 9.79 Å². The molecule has 126 valence electrons. The number of esters is 1. The van der Waals surface area contributed by atoms with Crippen LogP contribution in [0.15, 0.2) is 11.1 Å².